The van der Waals surface area contributed by atoms with Gasteiger partial charge in [-0.25, -0.2) is 0 Å². The number of nitriles is 1. The monoisotopic (exact) mass is 344 g/mol. The van der Waals surface area contributed by atoms with E-state index in [1.165, 1.54) is 0 Å². The van der Waals surface area contributed by atoms with Gasteiger partial charge in [-0.3, -0.25) is 4.57 Å². The number of anilines is 1. The molecule has 2 aromatic carbocycles. The average Bonchev–Trinajstić information content (AvgIpc) is 2.61. The minimum Gasteiger partial charge on any atom is -0.368 e. The first kappa shape index (κ1) is 18.2. The minimum atomic E-state index is -3.41. The Morgan fingerprint density at radius 2 is 1.62 bits per heavy atom. The molecule has 0 heterocycles. The van der Waals surface area contributed by atoms with Gasteiger partial charge in [-0.1, -0.05) is 30.3 Å². The van der Waals surface area contributed by atoms with Crippen LogP contribution < -0.4 is 5.32 Å². The summed E-state index contributed by atoms with van der Waals surface area (Å²) in [6, 6.07) is 18.5. The van der Waals surface area contributed by atoms with Crippen molar-refractivity contribution < 1.29 is 13.6 Å². The van der Waals surface area contributed by atoms with Crippen LogP contribution in [0.3, 0.4) is 0 Å². The highest BCUT2D eigenvalue weighted by Gasteiger charge is 2.36. The molecule has 1 atom stereocenters. The van der Waals surface area contributed by atoms with E-state index < -0.39 is 13.4 Å². The molecule has 0 radical (unpaired) electrons. The summed E-state index contributed by atoms with van der Waals surface area (Å²) < 4.78 is 24.3. The van der Waals surface area contributed by atoms with Crippen molar-refractivity contribution in [1.29, 1.82) is 5.26 Å². The van der Waals surface area contributed by atoms with Crippen LogP contribution in [-0.4, -0.2) is 13.2 Å². The molecule has 2 rings (SSSR count). The normalized spacial score (nSPS) is 12.4. The van der Waals surface area contributed by atoms with Gasteiger partial charge in [-0.05, 0) is 43.7 Å². The standard InChI is InChI=1S/C18H21N2O3P/c1-3-22-24(21,23-4-2)18(16-8-6-5-7-9-16)20-17-12-10-15(14-19)11-13-17/h5-13,18,20H,3-4H2,1-2H3. The van der Waals surface area contributed by atoms with Crippen LogP contribution in [-0.2, 0) is 13.6 Å². The molecule has 0 aliphatic carbocycles. The summed E-state index contributed by atoms with van der Waals surface area (Å²) in [6.45, 7) is 4.15. The summed E-state index contributed by atoms with van der Waals surface area (Å²) in [7, 11) is -3.41. The first-order valence-corrected chi connectivity index (χ1v) is 9.44. The third kappa shape index (κ3) is 4.46. The van der Waals surface area contributed by atoms with E-state index in [2.05, 4.69) is 11.4 Å². The topological polar surface area (TPSA) is 71.3 Å². The first-order valence-electron chi connectivity index (χ1n) is 7.83. The zero-order valence-corrected chi connectivity index (χ0v) is 14.7. The van der Waals surface area contributed by atoms with Gasteiger partial charge in [-0.2, -0.15) is 5.26 Å². The van der Waals surface area contributed by atoms with Gasteiger partial charge in [0.05, 0.1) is 24.8 Å². The molecule has 0 fully saturated rings. The Balaban J connectivity index is 2.38. The molecule has 0 amide bonds. The van der Waals surface area contributed by atoms with Crippen molar-refractivity contribution in [2.24, 2.45) is 0 Å². The van der Waals surface area contributed by atoms with Gasteiger partial charge in [0, 0.05) is 5.69 Å². The molecule has 0 aromatic heterocycles. The van der Waals surface area contributed by atoms with Crippen LogP contribution in [0.25, 0.3) is 0 Å². The van der Waals surface area contributed by atoms with E-state index in [1.54, 1.807) is 38.1 Å². The maximum atomic E-state index is 13.3. The van der Waals surface area contributed by atoms with Crippen molar-refractivity contribution in [1.82, 2.24) is 0 Å². The summed E-state index contributed by atoms with van der Waals surface area (Å²) in [5.41, 5.74) is 2.11. The number of rotatable bonds is 8. The fourth-order valence-electron chi connectivity index (χ4n) is 2.33. The molecule has 1 unspecified atom stereocenters. The molecule has 6 heteroatoms. The smallest absolute Gasteiger partial charge is 0.357 e. The van der Waals surface area contributed by atoms with Gasteiger partial charge < -0.3 is 14.4 Å². The molecule has 0 bridgehead atoms. The van der Waals surface area contributed by atoms with Gasteiger partial charge in [0.2, 0.25) is 0 Å². The highest BCUT2D eigenvalue weighted by molar-refractivity contribution is 7.54. The van der Waals surface area contributed by atoms with Gasteiger partial charge in [0.15, 0.2) is 5.78 Å². The Labute approximate surface area is 142 Å². The molecule has 0 saturated carbocycles. The Morgan fingerprint density at radius 1 is 1.04 bits per heavy atom. The van der Waals surface area contributed by atoms with Crippen LogP contribution >= 0.6 is 7.60 Å². The molecule has 2 aromatic rings. The average molecular weight is 344 g/mol. The van der Waals surface area contributed by atoms with Crippen LogP contribution in [0, 0.1) is 11.3 Å². The van der Waals surface area contributed by atoms with Crippen molar-refractivity contribution >= 4 is 13.3 Å². The quantitative estimate of drug-likeness (QED) is 0.687. The Kier molecular flexibility index (Phi) is 6.57. The van der Waals surface area contributed by atoms with Gasteiger partial charge in [0.1, 0.15) is 0 Å². The van der Waals surface area contributed by atoms with Crippen LogP contribution in [0.4, 0.5) is 5.69 Å². The van der Waals surface area contributed by atoms with Crippen molar-refractivity contribution in [2.75, 3.05) is 18.5 Å². The van der Waals surface area contributed by atoms with E-state index in [1.807, 2.05) is 30.3 Å². The van der Waals surface area contributed by atoms with Crippen molar-refractivity contribution in [3.05, 3.63) is 65.7 Å². The minimum absolute atomic E-state index is 0.287. The van der Waals surface area contributed by atoms with Crippen LogP contribution in [0.15, 0.2) is 54.6 Å². The molecule has 0 saturated heterocycles. The third-order valence-electron chi connectivity index (χ3n) is 3.37. The fraction of sp³-hybridized carbons (Fsp3) is 0.278. The van der Waals surface area contributed by atoms with Crippen LogP contribution in [0.2, 0.25) is 0 Å². The molecule has 0 aliphatic heterocycles. The van der Waals surface area contributed by atoms with E-state index >= 15 is 0 Å². The number of nitrogens with zero attached hydrogens (tertiary/aromatic N) is 1. The summed E-state index contributed by atoms with van der Waals surface area (Å²) in [4.78, 5) is 0. The maximum Gasteiger partial charge on any atom is 0.357 e. The zero-order valence-electron chi connectivity index (χ0n) is 13.8. The van der Waals surface area contributed by atoms with Crippen molar-refractivity contribution in [2.45, 2.75) is 19.6 Å². The largest absolute Gasteiger partial charge is 0.368 e. The van der Waals surface area contributed by atoms with Crippen molar-refractivity contribution in [3.8, 4) is 6.07 Å². The molecular formula is C18H21N2O3P. The third-order valence-corrected chi connectivity index (χ3v) is 5.66. The van der Waals surface area contributed by atoms with E-state index in [0.29, 0.717) is 5.56 Å². The molecular weight excluding hydrogens is 323 g/mol. The second-order valence-electron chi connectivity index (χ2n) is 5.02. The number of nitrogens with one attached hydrogen (secondary N) is 1. The van der Waals surface area contributed by atoms with E-state index in [-0.39, 0.29) is 13.2 Å². The maximum absolute atomic E-state index is 13.3. The summed E-state index contributed by atoms with van der Waals surface area (Å²) in [5.74, 6) is -0.633. The Morgan fingerprint density at radius 3 is 2.12 bits per heavy atom. The fourth-order valence-corrected chi connectivity index (χ4v) is 4.26. The van der Waals surface area contributed by atoms with Crippen LogP contribution in [0.1, 0.15) is 30.8 Å². The zero-order chi connectivity index (χ0) is 17.4. The predicted octanol–water partition coefficient (Wildman–Crippen LogP) is 4.94. The number of hydrogen-bond donors (Lipinski definition) is 1. The Hall–Kier alpha value is -2.12. The lowest BCUT2D eigenvalue weighted by Gasteiger charge is -2.28. The molecule has 24 heavy (non-hydrogen) atoms. The van der Waals surface area contributed by atoms with Gasteiger partial charge >= 0.3 is 7.60 Å². The second kappa shape index (κ2) is 8.65. The number of hydrogen-bond acceptors (Lipinski definition) is 5. The Bertz CT molecular complexity index is 716. The van der Waals surface area contributed by atoms with Gasteiger partial charge in [-0.15, -0.1) is 0 Å². The number of benzene rings is 2. The summed E-state index contributed by atoms with van der Waals surface area (Å²) >= 11 is 0. The molecule has 126 valence electrons. The second-order valence-corrected chi connectivity index (χ2v) is 7.13. The summed E-state index contributed by atoms with van der Waals surface area (Å²) in [5, 5.41) is 12.1. The predicted molar refractivity (Wildman–Crippen MR) is 94.8 cm³/mol. The first-order chi connectivity index (χ1) is 11.6. The lowest BCUT2D eigenvalue weighted by atomic mass is 10.2. The molecule has 5 nitrogen and oxygen atoms in total. The highest BCUT2D eigenvalue weighted by Crippen LogP contribution is 2.60. The van der Waals surface area contributed by atoms with E-state index in [0.717, 1.165) is 11.3 Å². The van der Waals surface area contributed by atoms with Crippen LogP contribution in [0.5, 0.6) is 0 Å². The molecule has 0 aliphatic rings. The van der Waals surface area contributed by atoms with E-state index in [4.69, 9.17) is 14.3 Å². The molecule has 0 spiro atoms. The lowest BCUT2D eigenvalue weighted by Crippen LogP contribution is -2.15. The lowest BCUT2D eigenvalue weighted by molar-refractivity contribution is 0.214. The molecule has 1 N–H and O–H groups in total. The highest BCUT2D eigenvalue weighted by atomic mass is 31.2. The van der Waals surface area contributed by atoms with E-state index in [9.17, 15) is 4.57 Å². The van der Waals surface area contributed by atoms with Gasteiger partial charge in [0.25, 0.3) is 0 Å². The van der Waals surface area contributed by atoms with Crippen molar-refractivity contribution in [3.63, 3.8) is 0 Å². The SMILES string of the molecule is CCOP(=O)(OCC)C(Nc1ccc(C#N)cc1)c1ccccc1. The summed E-state index contributed by atoms with van der Waals surface area (Å²) in [6.07, 6.45) is 0.